The van der Waals surface area contributed by atoms with Crippen molar-refractivity contribution in [3.63, 3.8) is 0 Å². The molecule has 200 valence electrons. The topological polar surface area (TPSA) is 127 Å². The molecule has 0 aromatic heterocycles. The molecule has 0 fully saturated rings. The van der Waals surface area contributed by atoms with Gasteiger partial charge in [-0.05, 0) is 43.9 Å². The van der Waals surface area contributed by atoms with E-state index in [4.69, 9.17) is 21.1 Å². The fourth-order valence-electron chi connectivity index (χ4n) is 5.34. The quantitative estimate of drug-likeness (QED) is 0.171. The van der Waals surface area contributed by atoms with E-state index < -0.39 is 47.5 Å². The number of carbonyl (C=O) groups excluding carboxylic acids is 2. The van der Waals surface area contributed by atoms with Gasteiger partial charge in [-0.15, -0.1) is 0 Å². The van der Waals surface area contributed by atoms with Gasteiger partial charge in [0.2, 0.25) is 0 Å². The highest BCUT2D eigenvalue weighted by Crippen LogP contribution is 2.45. The van der Waals surface area contributed by atoms with Gasteiger partial charge >= 0.3 is 23.9 Å². The highest BCUT2D eigenvalue weighted by atomic mass is 35.5. The van der Waals surface area contributed by atoms with Crippen LogP contribution in [0, 0.1) is 23.7 Å². The van der Waals surface area contributed by atoms with Crippen molar-refractivity contribution >= 4 is 57.0 Å². The van der Waals surface area contributed by atoms with E-state index in [9.17, 15) is 29.4 Å². The number of carboxylic acids is 2. The van der Waals surface area contributed by atoms with Crippen molar-refractivity contribution < 1.29 is 38.9 Å². The minimum absolute atomic E-state index is 0.176. The van der Waals surface area contributed by atoms with Gasteiger partial charge in [-0.1, -0.05) is 60.2 Å². The highest BCUT2D eigenvalue weighted by molar-refractivity contribution is 6.32. The summed E-state index contributed by atoms with van der Waals surface area (Å²) < 4.78 is 11.8. The van der Waals surface area contributed by atoms with Gasteiger partial charge < -0.3 is 19.7 Å². The lowest BCUT2D eigenvalue weighted by atomic mass is 9.83. The molecule has 2 aliphatic rings. The van der Waals surface area contributed by atoms with Gasteiger partial charge in [-0.25, -0.2) is 0 Å². The van der Waals surface area contributed by atoms with Crippen LogP contribution < -0.4 is 9.47 Å². The lowest BCUT2D eigenvalue weighted by molar-refractivity contribution is -0.152. The number of allylic oxidation sites excluding steroid dienone is 4. The number of esters is 2. The molecule has 0 radical (unpaired) electrons. The van der Waals surface area contributed by atoms with E-state index in [1.807, 2.05) is 0 Å². The van der Waals surface area contributed by atoms with Crippen LogP contribution >= 0.6 is 11.6 Å². The molecule has 2 N–H and O–H groups in total. The van der Waals surface area contributed by atoms with E-state index in [1.54, 1.807) is 66.8 Å². The summed E-state index contributed by atoms with van der Waals surface area (Å²) in [4.78, 5) is 50.2. The molecule has 0 saturated carbocycles. The van der Waals surface area contributed by atoms with E-state index in [0.29, 0.717) is 26.6 Å². The fourth-order valence-corrected chi connectivity index (χ4v) is 5.51. The third kappa shape index (κ3) is 5.12. The minimum atomic E-state index is -1.07. The second kappa shape index (κ2) is 10.9. The molecule has 9 heteroatoms. The van der Waals surface area contributed by atoms with Crippen molar-refractivity contribution in [3.8, 4) is 11.5 Å². The summed E-state index contributed by atoms with van der Waals surface area (Å²) in [5, 5.41) is 21.4. The first-order valence-corrected chi connectivity index (χ1v) is 13.0. The van der Waals surface area contributed by atoms with Gasteiger partial charge in [0.1, 0.15) is 11.5 Å². The van der Waals surface area contributed by atoms with Gasteiger partial charge in [0.25, 0.3) is 0 Å². The third-order valence-electron chi connectivity index (χ3n) is 7.40. The summed E-state index contributed by atoms with van der Waals surface area (Å²) in [6.45, 7) is 0. The number of carboxylic acid groups (broad SMARTS) is 2. The van der Waals surface area contributed by atoms with Gasteiger partial charge in [0.05, 0.1) is 23.7 Å². The maximum Gasteiger partial charge on any atom is 0.315 e. The van der Waals surface area contributed by atoms with Crippen LogP contribution in [-0.4, -0.2) is 34.1 Å². The van der Waals surface area contributed by atoms with Crippen LogP contribution in [0.1, 0.15) is 25.7 Å². The summed E-state index contributed by atoms with van der Waals surface area (Å²) >= 11 is 6.32. The van der Waals surface area contributed by atoms with Gasteiger partial charge in [0, 0.05) is 26.6 Å². The molecule has 0 spiro atoms. The maximum absolute atomic E-state index is 13.3. The molecule has 0 bridgehead atoms. The summed E-state index contributed by atoms with van der Waals surface area (Å²) in [5.41, 5.74) is 0. The largest absolute Gasteiger partial charge is 0.481 e. The van der Waals surface area contributed by atoms with Crippen molar-refractivity contribution in [3.05, 3.63) is 71.8 Å². The third-order valence-corrected chi connectivity index (χ3v) is 7.63. The van der Waals surface area contributed by atoms with Gasteiger partial charge in [-0.2, -0.15) is 0 Å². The fraction of sp³-hybridized carbons (Fsp3) is 0.267. The predicted molar refractivity (Wildman–Crippen MR) is 144 cm³/mol. The first-order valence-electron chi connectivity index (χ1n) is 12.6. The number of hydrogen-bond donors (Lipinski definition) is 2. The molecule has 4 unspecified atom stereocenters. The molecule has 2 aliphatic carbocycles. The number of rotatable bonds is 6. The maximum atomic E-state index is 13.3. The second-order valence-corrected chi connectivity index (χ2v) is 10.2. The zero-order valence-corrected chi connectivity index (χ0v) is 21.5. The summed E-state index contributed by atoms with van der Waals surface area (Å²) in [6, 6.07) is 11.7. The number of ether oxygens (including phenoxy) is 2. The van der Waals surface area contributed by atoms with Crippen LogP contribution in [0.25, 0.3) is 21.5 Å². The Balaban J connectivity index is 1.60. The molecular weight excluding hydrogens is 524 g/mol. The Bertz CT molecular complexity index is 1560. The Morgan fingerprint density at radius 1 is 0.615 bits per heavy atom. The molecule has 0 heterocycles. The Morgan fingerprint density at radius 3 is 1.49 bits per heavy atom. The average molecular weight is 549 g/mol. The van der Waals surface area contributed by atoms with Crippen molar-refractivity contribution in [2.75, 3.05) is 0 Å². The number of benzene rings is 3. The second-order valence-electron chi connectivity index (χ2n) is 9.72. The van der Waals surface area contributed by atoms with E-state index in [-0.39, 0.29) is 37.2 Å². The molecule has 0 saturated heterocycles. The molecule has 4 atom stereocenters. The standard InChI is InChI=1S/C30H25ClO8/c31-16-13-14-19-24(15-16)26(39-30(37)23-12-6-4-10-21(23)28(34)35)18-8-2-1-7-17(18)25(19)38-29(36)22-11-5-3-9-20(22)27(32)33/h1-8,13-15,20-23H,9-12H2,(H,32,33)(H,34,35). The number of halogens is 1. The van der Waals surface area contributed by atoms with E-state index in [2.05, 4.69) is 0 Å². The average Bonchev–Trinajstić information content (AvgIpc) is 2.94. The summed E-state index contributed by atoms with van der Waals surface area (Å²) in [5.74, 6) is -6.65. The molecule has 5 rings (SSSR count). The molecule has 0 aliphatic heterocycles. The first-order chi connectivity index (χ1) is 18.8. The molecule has 8 nitrogen and oxygen atoms in total. The Labute approximate surface area is 228 Å². The van der Waals surface area contributed by atoms with Crippen LogP contribution in [0.5, 0.6) is 11.5 Å². The molecule has 3 aromatic rings. The Kier molecular flexibility index (Phi) is 7.39. The highest BCUT2D eigenvalue weighted by Gasteiger charge is 2.37. The van der Waals surface area contributed by atoms with Gasteiger partial charge in [-0.3, -0.25) is 19.2 Å². The zero-order valence-electron chi connectivity index (χ0n) is 20.7. The van der Waals surface area contributed by atoms with Crippen LogP contribution in [-0.2, 0) is 19.2 Å². The van der Waals surface area contributed by atoms with E-state index >= 15 is 0 Å². The van der Waals surface area contributed by atoms with Crippen LogP contribution in [0.2, 0.25) is 5.02 Å². The number of fused-ring (bicyclic) bond motifs is 2. The minimum Gasteiger partial charge on any atom is -0.481 e. The Hall–Kier alpha value is -4.17. The molecular formula is C30H25ClO8. The summed E-state index contributed by atoms with van der Waals surface area (Å²) in [6.07, 6.45) is 7.97. The van der Waals surface area contributed by atoms with Crippen LogP contribution in [0.15, 0.2) is 66.8 Å². The normalized spacial score (nSPS) is 22.5. The number of carbonyl (C=O) groups is 4. The monoisotopic (exact) mass is 548 g/mol. The van der Waals surface area contributed by atoms with Crippen molar-refractivity contribution in [1.29, 1.82) is 0 Å². The molecule has 3 aromatic carbocycles. The van der Waals surface area contributed by atoms with E-state index in [1.165, 1.54) is 0 Å². The SMILES string of the molecule is O=C(O)C1CC=CCC1C(=O)Oc1c2ccccc2c(OC(=O)C2CC=CCC2C(=O)O)c2cc(Cl)ccc12. The Morgan fingerprint density at radius 2 is 1.03 bits per heavy atom. The molecule has 39 heavy (non-hydrogen) atoms. The zero-order chi connectivity index (χ0) is 27.7. The van der Waals surface area contributed by atoms with Crippen LogP contribution in [0.4, 0.5) is 0 Å². The molecule has 0 amide bonds. The smallest absolute Gasteiger partial charge is 0.315 e. The van der Waals surface area contributed by atoms with Crippen molar-refractivity contribution in [2.24, 2.45) is 23.7 Å². The van der Waals surface area contributed by atoms with Gasteiger partial charge in [0.15, 0.2) is 0 Å². The van der Waals surface area contributed by atoms with E-state index in [0.717, 1.165) is 0 Å². The van der Waals surface area contributed by atoms with Crippen molar-refractivity contribution in [1.82, 2.24) is 0 Å². The summed E-state index contributed by atoms with van der Waals surface area (Å²) in [7, 11) is 0. The number of aliphatic carboxylic acids is 2. The van der Waals surface area contributed by atoms with Crippen LogP contribution in [0.3, 0.4) is 0 Å². The number of hydrogen-bond acceptors (Lipinski definition) is 6. The van der Waals surface area contributed by atoms with Crippen molar-refractivity contribution in [2.45, 2.75) is 25.7 Å². The first kappa shape index (κ1) is 26.4. The predicted octanol–water partition coefficient (Wildman–Crippen LogP) is 5.79. The lowest BCUT2D eigenvalue weighted by Gasteiger charge is -2.25. The lowest BCUT2D eigenvalue weighted by Crippen LogP contribution is -2.34.